The van der Waals surface area contributed by atoms with Gasteiger partial charge in [0.05, 0.1) is 18.6 Å². The molecule has 2 saturated heterocycles. The maximum Gasteiger partial charge on any atom is 0.247 e. The van der Waals surface area contributed by atoms with Gasteiger partial charge in [-0.25, -0.2) is 0 Å². The molecular formula is C13H20N2O3. The minimum Gasteiger partial charge on any atom is -0.379 e. The van der Waals surface area contributed by atoms with Gasteiger partial charge in [-0.1, -0.05) is 12.8 Å². The molecule has 3 rings (SSSR count). The van der Waals surface area contributed by atoms with E-state index in [0.717, 1.165) is 38.8 Å². The number of amides is 2. The molecule has 1 aliphatic carbocycles. The highest BCUT2D eigenvalue weighted by atomic mass is 16.5. The number of imide groups is 1. The molecule has 2 aliphatic heterocycles. The predicted molar refractivity (Wildman–Crippen MR) is 64.9 cm³/mol. The maximum atomic E-state index is 12.4. The lowest BCUT2D eigenvalue weighted by Crippen LogP contribution is -2.53. The van der Waals surface area contributed by atoms with Crippen molar-refractivity contribution in [3.63, 3.8) is 0 Å². The predicted octanol–water partition coefficient (Wildman–Crippen LogP) is 0.246. The molecule has 1 saturated carbocycles. The number of hydrogen-bond donors (Lipinski definition) is 0. The summed E-state index contributed by atoms with van der Waals surface area (Å²) in [5.74, 6) is 0.0327. The Hall–Kier alpha value is -0.940. The highest BCUT2D eigenvalue weighted by Gasteiger charge is 2.60. The van der Waals surface area contributed by atoms with Crippen LogP contribution in [0.15, 0.2) is 0 Å². The van der Waals surface area contributed by atoms with Crippen molar-refractivity contribution < 1.29 is 14.3 Å². The third-order valence-electron chi connectivity index (χ3n) is 4.73. The second-order valence-corrected chi connectivity index (χ2v) is 5.62. The lowest BCUT2D eigenvalue weighted by atomic mass is 9.79. The van der Waals surface area contributed by atoms with Crippen LogP contribution in [0.5, 0.6) is 0 Å². The number of rotatable bonds is 1. The average molecular weight is 252 g/mol. The second-order valence-electron chi connectivity index (χ2n) is 5.62. The van der Waals surface area contributed by atoms with Crippen LogP contribution < -0.4 is 0 Å². The second kappa shape index (κ2) is 4.31. The topological polar surface area (TPSA) is 49.9 Å². The number of hydrogen-bond acceptors (Lipinski definition) is 4. The van der Waals surface area contributed by atoms with E-state index in [1.54, 1.807) is 7.05 Å². The number of carbonyl (C=O) groups excluding carboxylic acids is 2. The summed E-state index contributed by atoms with van der Waals surface area (Å²) in [5.41, 5.74) is -0.427. The molecule has 1 spiro atoms. The van der Waals surface area contributed by atoms with Gasteiger partial charge in [-0.05, 0) is 12.8 Å². The van der Waals surface area contributed by atoms with Crippen molar-refractivity contribution in [2.75, 3.05) is 33.4 Å². The van der Waals surface area contributed by atoms with Crippen LogP contribution >= 0.6 is 0 Å². The molecular weight excluding hydrogens is 232 g/mol. The molecule has 2 amide bonds. The van der Waals surface area contributed by atoms with Gasteiger partial charge in [-0.3, -0.25) is 19.4 Å². The molecule has 1 unspecified atom stereocenters. The Bertz CT molecular complexity index is 370. The fourth-order valence-corrected chi connectivity index (χ4v) is 3.81. The van der Waals surface area contributed by atoms with Gasteiger partial charge in [0.15, 0.2) is 0 Å². The molecule has 0 aromatic heterocycles. The van der Waals surface area contributed by atoms with Gasteiger partial charge >= 0.3 is 0 Å². The highest BCUT2D eigenvalue weighted by molar-refractivity contribution is 6.09. The van der Waals surface area contributed by atoms with Gasteiger partial charge in [0, 0.05) is 20.1 Å². The number of ether oxygens (including phenoxy) is 1. The number of likely N-dealkylation sites (N-methyl/N-ethyl adjacent to an activating group) is 1. The molecule has 0 aromatic carbocycles. The van der Waals surface area contributed by atoms with Crippen LogP contribution in [0.1, 0.15) is 25.7 Å². The van der Waals surface area contributed by atoms with Crippen molar-refractivity contribution in [2.24, 2.45) is 5.41 Å². The molecule has 1 atom stereocenters. The van der Waals surface area contributed by atoms with Crippen molar-refractivity contribution in [1.29, 1.82) is 0 Å². The Morgan fingerprint density at radius 3 is 2.39 bits per heavy atom. The molecule has 0 N–H and O–H groups in total. The van der Waals surface area contributed by atoms with E-state index in [2.05, 4.69) is 4.90 Å². The average Bonchev–Trinajstić information content (AvgIpc) is 2.94. The van der Waals surface area contributed by atoms with E-state index in [1.165, 1.54) is 4.90 Å². The van der Waals surface area contributed by atoms with Crippen LogP contribution in [0.25, 0.3) is 0 Å². The minimum absolute atomic E-state index is 0.0104. The summed E-state index contributed by atoms with van der Waals surface area (Å²) in [6, 6.07) is -0.235. The highest BCUT2D eigenvalue weighted by Crippen LogP contribution is 2.48. The van der Waals surface area contributed by atoms with Crippen LogP contribution in [0.3, 0.4) is 0 Å². The van der Waals surface area contributed by atoms with Crippen LogP contribution in [-0.4, -0.2) is 61.0 Å². The summed E-state index contributed by atoms with van der Waals surface area (Å²) in [7, 11) is 1.63. The molecule has 100 valence electrons. The third kappa shape index (κ3) is 1.53. The Kier molecular flexibility index (Phi) is 2.90. The fraction of sp³-hybridized carbons (Fsp3) is 0.846. The van der Waals surface area contributed by atoms with Crippen molar-refractivity contribution in [2.45, 2.75) is 31.7 Å². The lowest BCUT2D eigenvalue weighted by molar-refractivity contribution is -0.139. The molecule has 0 radical (unpaired) electrons. The molecule has 5 heteroatoms. The number of nitrogens with zero attached hydrogens (tertiary/aromatic N) is 2. The summed E-state index contributed by atoms with van der Waals surface area (Å²) in [6.45, 7) is 2.86. The van der Waals surface area contributed by atoms with Crippen LogP contribution in [0, 0.1) is 5.41 Å². The first-order valence-corrected chi connectivity index (χ1v) is 6.81. The van der Waals surface area contributed by atoms with Crippen molar-refractivity contribution in [3.05, 3.63) is 0 Å². The first kappa shape index (κ1) is 12.1. The Labute approximate surface area is 107 Å². The number of morpholine rings is 1. The molecule has 5 nitrogen and oxygen atoms in total. The van der Waals surface area contributed by atoms with E-state index in [1.807, 2.05) is 0 Å². The van der Waals surface area contributed by atoms with E-state index in [-0.39, 0.29) is 17.9 Å². The number of likely N-dealkylation sites (tertiary alicyclic amines) is 1. The van der Waals surface area contributed by atoms with E-state index in [0.29, 0.717) is 13.2 Å². The molecule has 3 aliphatic rings. The van der Waals surface area contributed by atoms with Crippen LogP contribution in [0.4, 0.5) is 0 Å². The number of carbonyl (C=O) groups is 2. The van der Waals surface area contributed by atoms with Gasteiger partial charge in [0.2, 0.25) is 11.8 Å². The van der Waals surface area contributed by atoms with E-state index >= 15 is 0 Å². The molecule has 0 aromatic rings. The van der Waals surface area contributed by atoms with Crippen molar-refractivity contribution >= 4 is 11.8 Å². The zero-order chi connectivity index (χ0) is 12.8. The Morgan fingerprint density at radius 1 is 1.17 bits per heavy atom. The van der Waals surface area contributed by atoms with Gasteiger partial charge in [-0.2, -0.15) is 0 Å². The van der Waals surface area contributed by atoms with Crippen molar-refractivity contribution in [3.8, 4) is 0 Å². The maximum absolute atomic E-state index is 12.4. The Balaban J connectivity index is 1.93. The van der Waals surface area contributed by atoms with E-state index < -0.39 is 5.41 Å². The quantitative estimate of drug-likeness (QED) is 0.628. The van der Waals surface area contributed by atoms with Crippen molar-refractivity contribution in [1.82, 2.24) is 9.80 Å². The lowest BCUT2D eigenvalue weighted by Gasteiger charge is -2.37. The summed E-state index contributed by atoms with van der Waals surface area (Å²) in [5, 5.41) is 0. The zero-order valence-corrected chi connectivity index (χ0v) is 10.9. The first-order chi connectivity index (χ1) is 8.67. The summed E-state index contributed by atoms with van der Waals surface area (Å²) < 4.78 is 5.35. The third-order valence-corrected chi connectivity index (χ3v) is 4.73. The van der Waals surface area contributed by atoms with Crippen LogP contribution in [-0.2, 0) is 14.3 Å². The normalized spacial score (nSPS) is 32.7. The van der Waals surface area contributed by atoms with Gasteiger partial charge in [0.25, 0.3) is 0 Å². The van der Waals surface area contributed by atoms with Crippen LogP contribution in [0.2, 0.25) is 0 Å². The Morgan fingerprint density at radius 2 is 1.78 bits per heavy atom. The summed E-state index contributed by atoms with van der Waals surface area (Å²) >= 11 is 0. The zero-order valence-electron chi connectivity index (χ0n) is 10.9. The minimum atomic E-state index is -0.427. The van der Waals surface area contributed by atoms with Gasteiger partial charge < -0.3 is 4.74 Å². The van der Waals surface area contributed by atoms with Gasteiger partial charge in [0.1, 0.15) is 6.04 Å². The smallest absolute Gasteiger partial charge is 0.247 e. The molecule has 0 bridgehead atoms. The van der Waals surface area contributed by atoms with E-state index in [9.17, 15) is 9.59 Å². The largest absolute Gasteiger partial charge is 0.379 e. The first-order valence-electron chi connectivity index (χ1n) is 6.81. The standard InChI is InChI=1S/C13H20N2O3/c1-14-11(16)10(15-6-8-18-9-7-15)13(12(14)17)4-2-3-5-13/h10H,2-9H2,1H3. The molecule has 2 heterocycles. The molecule has 3 fully saturated rings. The summed E-state index contributed by atoms with van der Waals surface area (Å²) in [6.07, 6.45) is 3.86. The summed E-state index contributed by atoms with van der Waals surface area (Å²) in [4.78, 5) is 28.4. The van der Waals surface area contributed by atoms with E-state index in [4.69, 9.17) is 4.74 Å². The van der Waals surface area contributed by atoms with Gasteiger partial charge in [-0.15, -0.1) is 0 Å². The monoisotopic (exact) mass is 252 g/mol. The molecule has 18 heavy (non-hydrogen) atoms. The fourth-order valence-electron chi connectivity index (χ4n) is 3.81. The SMILES string of the molecule is CN1C(=O)C(N2CCOCC2)C2(CCCC2)C1=O.